The maximum Gasteiger partial charge on any atom is 0.234 e. The van der Waals surface area contributed by atoms with E-state index in [1.165, 1.54) is 16.8 Å². The van der Waals surface area contributed by atoms with Crippen LogP contribution in [0.1, 0.15) is 11.1 Å². The normalized spacial score (nSPS) is 14.8. The van der Waals surface area contributed by atoms with E-state index in [0.717, 1.165) is 31.9 Å². The molecular weight excluding hydrogens is 338 g/mol. The van der Waals surface area contributed by atoms with Crippen LogP contribution in [0.3, 0.4) is 0 Å². The molecule has 0 spiro atoms. The van der Waals surface area contributed by atoms with Gasteiger partial charge in [-0.2, -0.15) is 0 Å². The molecule has 3 rings (SSSR count). The Balaban J connectivity index is 1.34. The topological polar surface area (TPSA) is 44.8 Å². The summed E-state index contributed by atoms with van der Waals surface area (Å²) in [6.45, 7) is 9.35. The molecule has 0 aromatic heterocycles. The second-order valence-corrected chi connectivity index (χ2v) is 7.06. The summed E-state index contributed by atoms with van der Waals surface area (Å²) in [5, 5.41) is 2.95. The highest BCUT2D eigenvalue weighted by atomic mass is 16.5. The Morgan fingerprint density at radius 3 is 2.56 bits per heavy atom. The van der Waals surface area contributed by atoms with E-state index in [1.807, 2.05) is 31.2 Å². The lowest BCUT2D eigenvalue weighted by Crippen LogP contribution is -2.50. The van der Waals surface area contributed by atoms with Crippen molar-refractivity contribution in [2.24, 2.45) is 0 Å². The molecule has 144 valence electrons. The average Bonchev–Trinajstić information content (AvgIpc) is 2.67. The smallest absolute Gasteiger partial charge is 0.234 e. The second-order valence-electron chi connectivity index (χ2n) is 7.06. The van der Waals surface area contributed by atoms with Gasteiger partial charge in [-0.1, -0.05) is 30.3 Å². The average molecular weight is 367 g/mol. The van der Waals surface area contributed by atoms with E-state index < -0.39 is 0 Å². The predicted octanol–water partition coefficient (Wildman–Crippen LogP) is 2.62. The van der Waals surface area contributed by atoms with Crippen LogP contribution in [0.4, 0.5) is 5.69 Å². The molecule has 0 unspecified atom stereocenters. The van der Waals surface area contributed by atoms with Crippen LogP contribution in [0.25, 0.3) is 0 Å². The summed E-state index contributed by atoms with van der Waals surface area (Å²) in [7, 11) is 0. The van der Waals surface area contributed by atoms with Crippen LogP contribution in [-0.2, 0) is 4.79 Å². The van der Waals surface area contributed by atoms with Crippen molar-refractivity contribution < 1.29 is 9.53 Å². The number of nitrogens with zero attached hydrogens (tertiary/aromatic N) is 2. The largest absolute Gasteiger partial charge is 0.492 e. The quantitative estimate of drug-likeness (QED) is 0.764. The van der Waals surface area contributed by atoms with Crippen molar-refractivity contribution in [2.45, 2.75) is 13.8 Å². The van der Waals surface area contributed by atoms with Gasteiger partial charge in [0.05, 0.1) is 13.1 Å². The number of carbonyl (C=O) groups excluding carboxylic acids is 1. The maximum atomic E-state index is 12.2. The Bertz CT molecular complexity index is 755. The highest BCUT2D eigenvalue weighted by molar-refractivity contribution is 5.78. The van der Waals surface area contributed by atoms with E-state index in [1.54, 1.807) is 0 Å². The number of rotatable bonds is 7. The van der Waals surface area contributed by atoms with E-state index in [-0.39, 0.29) is 5.91 Å². The molecule has 2 aromatic carbocycles. The summed E-state index contributed by atoms with van der Waals surface area (Å²) in [4.78, 5) is 16.8. The number of piperazine rings is 1. The number of para-hydroxylation sites is 1. The second kappa shape index (κ2) is 9.42. The lowest BCUT2D eigenvalue weighted by atomic mass is 10.1. The summed E-state index contributed by atoms with van der Waals surface area (Å²) in [5.41, 5.74) is 3.77. The molecule has 0 radical (unpaired) electrons. The van der Waals surface area contributed by atoms with Crippen molar-refractivity contribution >= 4 is 11.6 Å². The van der Waals surface area contributed by atoms with Crippen molar-refractivity contribution in [1.29, 1.82) is 0 Å². The van der Waals surface area contributed by atoms with Gasteiger partial charge in [0.15, 0.2) is 0 Å². The monoisotopic (exact) mass is 367 g/mol. The number of aryl methyl sites for hydroxylation is 2. The van der Waals surface area contributed by atoms with Crippen LogP contribution in [0.2, 0.25) is 0 Å². The zero-order valence-electron chi connectivity index (χ0n) is 16.3. The molecule has 1 saturated heterocycles. The van der Waals surface area contributed by atoms with Gasteiger partial charge in [-0.25, -0.2) is 0 Å². The lowest BCUT2D eigenvalue weighted by molar-refractivity contribution is -0.122. The van der Waals surface area contributed by atoms with Gasteiger partial charge >= 0.3 is 0 Å². The molecule has 2 aromatic rings. The Morgan fingerprint density at radius 1 is 1.04 bits per heavy atom. The fourth-order valence-electron chi connectivity index (χ4n) is 3.39. The van der Waals surface area contributed by atoms with Crippen molar-refractivity contribution in [1.82, 2.24) is 10.2 Å². The molecule has 1 aliphatic heterocycles. The third-order valence-corrected chi connectivity index (χ3v) is 4.88. The number of carbonyl (C=O) groups is 1. The molecule has 5 heteroatoms. The van der Waals surface area contributed by atoms with Crippen molar-refractivity contribution in [2.75, 3.05) is 50.8 Å². The van der Waals surface area contributed by atoms with Crippen LogP contribution in [0.15, 0.2) is 48.5 Å². The minimum atomic E-state index is 0.0622. The number of hydrogen-bond donors (Lipinski definition) is 1. The SMILES string of the molecule is Cc1cccc(OCCNC(=O)CN2CCN(c3ccccc3C)CC2)c1. The first-order chi connectivity index (χ1) is 13.1. The van der Waals surface area contributed by atoms with Gasteiger partial charge < -0.3 is 15.0 Å². The zero-order valence-corrected chi connectivity index (χ0v) is 16.3. The fourth-order valence-corrected chi connectivity index (χ4v) is 3.39. The summed E-state index contributed by atoms with van der Waals surface area (Å²) >= 11 is 0. The van der Waals surface area contributed by atoms with Gasteiger partial charge in [0.25, 0.3) is 0 Å². The van der Waals surface area contributed by atoms with E-state index in [4.69, 9.17) is 4.74 Å². The first-order valence-electron chi connectivity index (χ1n) is 9.61. The van der Waals surface area contributed by atoms with Crippen LogP contribution in [0.5, 0.6) is 5.75 Å². The molecule has 1 N–H and O–H groups in total. The highest BCUT2D eigenvalue weighted by Gasteiger charge is 2.19. The van der Waals surface area contributed by atoms with Crippen LogP contribution in [0, 0.1) is 13.8 Å². The van der Waals surface area contributed by atoms with Crippen LogP contribution < -0.4 is 15.0 Å². The number of ether oxygens (including phenoxy) is 1. The van der Waals surface area contributed by atoms with E-state index in [9.17, 15) is 4.79 Å². The first-order valence-corrected chi connectivity index (χ1v) is 9.61. The summed E-state index contributed by atoms with van der Waals surface area (Å²) < 4.78 is 5.67. The Kier molecular flexibility index (Phi) is 6.71. The molecule has 1 aliphatic rings. The zero-order chi connectivity index (χ0) is 19.1. The van der Waals surface area contributed by atoms with Crippen molar-refractivity contribution in [3.8, 4) is 5.75 Å². The van der Waals surface area contributed by atoms with Gasteiger partial charge in [0.1, 0.15) is 12.4 Å². The molecule has 0 bridgehead atoms. The molecule has 0 aliphatic carbocycles. The van der Waals surface area contributed by atoms with E-state index >= 15 is 0 Å². The molecule has 5 nitrogen and oxygen atoms in total. The van der Waals surface area contributed by atoms with Crippen LogP contribution in [-0.4, -0.2) is 56.7 Å². The number of benzene rings is 2. The minimum Gasteiger partial charge on any atom is -0.492 e. The van der Waals surface area contributed by atoms with Crippen molar-refractivity contribution in [3.05, 3.63) is 59.7 Å². The Labute approximate surface area is 161 Å². The van der Waals surface area contributed by atoms with Gasteiger partial charge in [-0.15, -0.1) is 0 Å². The lowest BCUT2D eigenvalue weighted by Gasteiger charge is -2.36. The summed E-state index contributed by atoms with van der Waals surface area (Å²) in [6, 6.07) is 16.4. The minimum absolute atomic E-state index is 0.0622. The first kappa shape index (κ1) is 19.2. The van der Waals surface area contributed by atoms with E-state index in [2.05, 4.69) is 46.3 Å². The summed E-state index contributed by atoms with van der Waals surface area (Å²) in [6.07, 6.45) is 0. The third kappa shape index (κ3) is 5.73. The van der Waals surface area contributed by atoms with Gasteiger partial charge in [0, 0.05) is 31.9 Å². The molecule has 27 heavy (non-hydrogen) atoms. The standard InChI is InChI=1S/C22H29N3O2/c1-18-6-5-8-20(16-18)27-15-10-23-22(26)17-24-11-13-25(14-12-24)21-9-4-3-7-19(21)2/h3-9,16H,10-15,17H2,1-2H3,(H,23,26). The Hall–Kier alpha value is -2.53. The molecule has 1 amide bonds. The highest BCUT2D eigenvalue weighted by Crippen LogP contribution is 2.20. The van der Waals surface area contributed by atoms with Gasteiger partial charge in [-0.3, -0.25) is 9.69 Å². The Morgan fingerprint density at radius 2 is 1.81 bits per heavy atom. The molecule has 0 atom stereocenters. The maximum absolute atomic E-state index is 12.2. The molecule has 0 saturated carbocycles. The van der Waals surface area contributed by atoms with Gasteiger partial charge in [0.2, 0.25) is 5.91 Å². The number of anilines is 1. The van der Waals surface area contributed by atoms with E-state index in [0.29, 0.717) is 19.7 Å². The number of amides is 1. The molecular formula is C22H29N3O2. The number of nitrogens with one attached hydrogen (secondary N) is 1. The molecule has 1 heterocycles. The molecule has 1 fully saturated rings. The van der Waals surface area contributed by atoms with Gasteiger partial charge in [-0.05, 0) is 43.2 Å². The predicted molar refractivity (Wildman–Crippen MR) is 110 cm³/mol. The third-order valence-electron chi connectivity index (χ3n) is 4.88. The fraction of sp³-hybridized carbons (Fsp3) is 0.409. The summed E-state index contributed by atoms with van der Waals surface area (Å²) in [5.74, 6) is 0.906. The van der Waals surface area contributed by atoms with Crippen LogP contribution >= 0.6 is 0 Å². The number of hydrogen-bond acceptors (Lipinski definition) is 4. The van der Waals surface area contributed by atoms with Crippen molar-refractivity contribution in [3.63, 3.8) is 0 Å².